The van der Waals surface area contributed by atoms with Crippen LogP contribution in [0.3, 0.4) is 0 Å². The maximum Gasteiger partial charge on any atom is 0.224 e. The third-order valence-corrected chi connectivity index (χ3v) is 2.33. The molecule has 0 unspecified atom stereocenters. The Morgan fingerprint density at radius 2 is 2.30 bits per heavy atom. The van der Waals surface area contributed by atoms with Gasteiger partial charge >= 0.3 is 0 Å². The number of thiazole rings is 1. The first kappa shape index (κ1) is 7.54. The van der Waals surface area contributed by atoms with Crippen LogP contribution in [-0.2, 0) is 0 Å². The minimum absolute atomic E-state index is 0.508. The fourth-order valence-electron chi connectivity index (χ4n) is 0.631. The van der Waals surface area contributed by atoms with Gasteiger partial charge in [-0.1, -0.05) is 13.8 Å². The molecule has 3 heteroatoms. The van der Waals surface area contributed by atoms with Gasteiger partial charge in [0.2, 0.25) is 5.88 Å². The van der Waals surface area contributed by atoms with E-state index in [-0.39, 0.29) is 0 Å². The molecule has 0 bridgehead atoms. The number of nitrogens with zero attached hydrogens (tertiary/aromatic N) is 1. The summed E-state index contributed by atoms with van der Waals surface area (Å²) in [7, 11) is 1.64. The van der Waals surface area contributed by atoms with Crippen molar-refractivity contribution in [2.45, 2.75) is 19.8 Å². The molecule has 0 N–H and O–H groups in total. The SMILES string of the molecule is COc1csc(C(C)C)n1. The molecule has 1 heterocycles. The van der Waals surface area contributed by atoms with Crippen LogP contribution >= 0.6 is 11.3 Å². The molecule has 0 amide bonds. The number of hydrogen-bond donors (Lipinski definition) is 0. The van der Waals surface area contributed by atoms with E-state index in [9.17, 15) is 0 Å². The highest BCUT2D eigenvalue weighted by Gasteiger charge is 2.04. The quantitative estimate of drug-likeness (QED) is 0.657. The van der Waals surface area contributed by atoms with Gasteiger partial charge in [0.15, 0.2) is 0 Å². The van der Waals surface area contributed by atoms with Crippen molar-refractivity contribution in [3.8, 4) is 5.88 Å². The van der Waals surface area contributed by atoms with Gasteiger partial charge in [-0.3, -0.25) is 0 Å². The molecule has 1 aromatic rings. The van der Waals surface area contributed by atoms with Crippen LogP contribution in [0.2, 0.25) is 0 Å². The van der Waals surface area contributed by atoms with Gasteiger partial charge in [-0.15, -0.1) is 11.3 Å². The summed E-state index contributed by atoms with van der Waals surface area (Å²) in [4.78, 5) is 4.22. The van der Waals surface area contributed by atoms with E-state index >= 15 is 0 Å². The Morgan fingerprint density at radius 1 is 1.60 bits per heavy atom. The average molecular weight is 157 g/mol. The van der Waals surface area contributed by atoms with E-state index in [1.54, 1.807) is 18.4 Å². The van der Waals surface area contributed by atoms with Crippen LogP contribution in [0.25, 0.3) is 0 Å². The largest absolute Gasteiger partial charge is 0.480 e. The van der Waals surface area contributed by atoms with Gasteiger partial charge < -0.3 is 4.74 Å². The topological polar surface area (TPSA) is 22.1 Å². The lowest BCUT2D eigenvalue weighted by molar-refractivity contribution is 0.399. The van der Waals surface area contributed by atoms with Crippen molar-refractivity contribution in [1.29, 1.82) is 0 Å². The van der Waals surface area contributed by atoms with Crippen LogP contribution < -0.4 is 4.74 Å². The van der Waals surface area contributed by atoms with E-state index in [1.165, 1.54) is 0 Å². The summed E-state index contributed by atoms with van der Waals surface area (Å²) in [6.07, 6.45) is 0. The average Bonchev–Trinajstić information content (AvgIpc) is 2.34. The summed E-state index contributed by atoms with van der Waals surface area (Å²) in [6.45, 7) is 4.25. The van der Waals surface area contributed by atoms with Crippen LogP contribution in [0.5, 0.6) is 5.88 Å². The molecular formula is C7H11NOS. The second-order valence-electron chi connectivity index (χ2n) is 2.38. The third kappa shape index (κ3) is 1.48. The number of rotatable bonds is 2. The third-order valence-electron chi connectivity index (χ3n) is 1.20. The minimum atomic E-state index is 0.508. The van der Waals surface area contributed by atoms with Crippen molar-refractivity contribution in [3.05, 3.63) is 10.4 Å². The fourth-order valence-corrected chi connectivity index (χ4v) is 1.42. The number of methoxy groups -OCH3 is 1. The van der Waals surface area contributed by atoms with Gasteiger partial charge in [0.1, 0.15) is 0 Å². The summed E-state index contributed by atoms with van der Waals surface area (Å²) in [5, 5.41) is 3.06. The molecular weight excluding hydrogens is 146 g/mol. The van der Waals surface area contributed by atoms with Gasteiger partial charge in [-0.25, -0.2) is 4.98 Å². The summed E-state index contributed by atoms with van der Waals surface area (Å²) in [5.41, 5.74) is 0. The lowest BCUT2D eigenvalue weighted by Gasteiger charge is -1.95. The van der Waals surface area contributed by atoms with Crippen molar-refractivity contribution >= 4 is 11.3 Å². The van der Waals surface area contributed by atoms with Crippen molar-refractivity contribution in [3.63, 3.8) is 0 Å². The highest BCUT2D eigenvalue weighted by atomic mass is 32.1. The van der Waals surface area contributed by atoms with E-state index in [1.807, 2.05) is 5.38 Å². The monoisotopic (exact) mass is 157 g/mol. The summed E-state index contributed by atoms with van der Waals surface area (Å²) >= 11 is 1.65. The molecule has 10 heavy (non-hydrogen) atoms. The molecule has 0 saturated heterocycles. The van der Waals surface area contributed by atoms with Crippen molar-refractivity contribution in [1.82, 2.24) is 4.98 Å². The lowest BCUT2D eigenvalue weighted by Crippen LogP contribution is -1.86. The smallest absolute Gasteiger partial charge is 0.224 e. The highest BCUT2D eigenvalue weighted by molar-refractivity contribution is 7.09. The van der Waals surface area contributed by atoms with Crippen LogP contribution in [-0.4, -0.2) is 12.1 Å². The zero-order valence-electron chi connectivity index (χ0n) is 6.42. The summed E-state index contributed by atoms with van der Waals surface area (Å²) in [5.74, 6) is 1.24. The molecule has 0 aliphatic rings. The van der Waals surface area contributed by atoms with E-state index < -0.39 is 0 Å². The molecule has 56 valence electrons. The lowest BCUT2D eigenvalue weighted by atomic mass is 10.2. The number of ether oxygens (including phenoxy) is 1. The summed E-state index contributed by atoms with van der Waals surface area (Å²) in [6, 6.07) is 0. The van der Waals surface area contributed by atoms with E-state index in [0.29, 0.717) is 5.92 Å². The second kappa shape index (κ2) is 3.01. The van der Waals surface area contributed by atoms with Gasteiger partial charge in [0.25, 0.3) is 0 Å². The van der Waals surface area contributed by atoms with Crippen LogP contribution in [0.1, 0.15) is 24.8 Å². The zero-order valence-corrected chi connectivity index (χ0v) is 7.23. The molecule has 0 aliphatic heterocycles. The van der Waals surface area contributed by atoms with Gasteiger partial charge in [0, 0.05) is 5.92 Å². The van der Waals surface area contributed by atoms with Crippen molar-refractivity contribution in [2.75, 3.05) is 7.11 Å². The van der Waals surface area contributed by atoms with Crippen LogP contribution in [0, 0.1) is 0 Å². The Morgan fingerprint density at radius 3 is 2.60 bits per heavy atom. The highest BCUT2D eigenvalue weighted by Crippen LogP contribution is 2.22. The molecule has 0 saturated carbocycles. The summed E-state index contributed by atoms with van der Waals surface area (Å²) < 4.78 is 4.94. The van der Waals surface area contributed by atoms with Gasteiger partial charge in [-0.2, -0.15) is 0 Å². The maximum atomic E-state index is 4.94. The number of hydrogen-bond acceptors (Lipinski definition) is 3. The minimum Gasteiger partial charge on any atom is -0.480 e. The first-order valence-corrected chi connectivity index (χ1v) is 4.11. The standard InChI is InChI=1S/C7H11NOS/c1-5(2)7-8-6(9-3)4-10-7/h4-5H,1-3H3. The first-order chi connectivity index (χ1) is 4.74. The predicted octanol–water partition coefficient (Wildman–Crippen LogP) is 2.28. The van der Waals surface area contributed by atoms with Gasteiger partial charge in [-0.05, 0) is 0 Å². The molecule has 0 radical (unpaired) electrons. The molecule has 0 atom stereocenters. The Bertz CT molecular complexity index is 207. The zero-order chi connectivity index (χ0) is 7.56. The molecule has 1 rings (SSSR count). The molecule has 2 nitrogen and oxygen atoms in total. The second-order valence-corrected chi connectivity index (χ2v) is 3.27. The Kier molecular flexibility index (Phi) is 2.27. The molecule has 1 aromatic heterocycles. The van der Waals surface area contributed by atoms with Crippen molar-refractivity contribution in [2.24, 2.45) is 0 Å². The molecule has 0 spiro atoms. The van der Waals surface area contributed by atoms with E-state index in [0.717, 1.165) is 10.9 Å². The Hall–Kier alpha value is -0.570. The van der Waals surface area contributed by atoms with Crippen LogP contribution in [0.4, 0.5) is 0 Å². The predicted molar refractivity (Wildman–Crippen MR) is 42.8 cm³/mol. The van der Waals surface area contributed by atoms with E-state index in [4.69, 9.17) is 4.74 Å². The first-order valence-electron chi connectivity index (χ1n) is 3.23. The Labute approximate surface area is 64.9 Å². The molecule has 0 aromatic carbocycles. The molecule has 0 aliphatic carbocycles. The Balaban J connectivity index is 2.78. The fraction of sp³-hybridized carbons (Fsp3) is 0.571. The van der Waals surface area contributed by atoms with Crippen molar-refractivity contribution < 1.29 is 4.74 Å². The maximum absolute atomic E-state index is 4.94. The normalized spacial score (nSPS) is 10.4. The molecule has 0 fully saturated rings. The van der Waals surface area contributed by atoms with E-state index in [2.05, 4.69) is 18.8 Å². The number of aromatic nitrogens is 1. The van der Waals surface area contributed by atoms with Crippen LogP contribution in [0.15, 0.2) is 5.38 Å². The van der Waals surface area contributed by atoms with Gasteiger partial charge in [0.05, 0.1) is 17.5 Å².